The quantitative estimate of drug-likeness (QED) is 0.858. The number of rotatable bonds is 3. The first-order chi connectivity index (χ1) is 8.83. The van der Waals surface area contributed by atoms with Crippen LogP contribution in [0.5, 0.6) is 0 Å². The van der Waals surface area contributed by atoms with Crippen molar-refractivity contribution in [2.24, 2.45) is 0 Å². The Balaban J connectivity index is 1.72. The van der Waals surface area contributed by atoms with E-state index >= 15 is 0 Å². The third kappa shape index (κ3) is 2.23. The number of para-hydroxylation sites is 1. The zero-order chi connectivity index (χ0) is 12.4. The molecule has 2 heteroatoms. The molecule has 2 aromatic rings. The van der Waals surface area contributed by atoms with E-state index in [0.29, 0.717) is 12.2 Å². The average molecular weight is 241 g/mol. The smallest absolute Gasteiger partial charge is 0.146 e. The molecule has 3 rings (SSSR count). The molecule has 0 spiro atoms. The van der Waals surface area contributed by atoms with Gasteiger partial charge in [0, 0.05) is 6.54 Å². The number of halogens is 1. The fraction of sp³-hybridized carbons (Fsp3) is 0.250. The molecule has 0 atom stereocenters. The molecule has 1 N–H and O–H groups in total. The van der Waals surface area contributed by atoms with Crippen LogP contribution >= 0.6 is 0 Å². The van der Waals surface area contributed by atoms with Gasteiger partial charge in [-0.05, 0) is 48.1 Å². The van der Waals surface area contributed by atoms with Crippen molar-refractivity contribution in [3.8, 4) is 0 Å². The molecule has 0 bridgehead atoms. The van der Waals surface area contributed by atoms with Gasteiger partial charge in [-0.3, -0.25) is 0 Å². The Labute approximate surface area is 107 Å². The highest BCUT2D eigenvalue weighted by molar-refractivity contribution is 5.45. The Morgan fingerprint density at radius 1 is 1.00 bits per heavy atom. The molecule has 0 aliphatic heterocycles. The molecule has 0 saturated carbocycles. The number of nitrogens with one attached hydrogen (secondary N) is 1. The number of hydrogen-bond donors (Lipinski definition) is 1. The summed E-state index contributed by atoms with van der Waals surface area (Å²) < 4.78 is 13.4. The Hall–Kier alpha value is -1.83. The topological polar surface area (TPSA) is 12.0 Å². The lowest BCUT2D eigenvalue weighted by atomic mass is 10.1. The maximum Gasteiger partial charge on any atom is 0.146 e. The first kappa shape index (κ1) is 11.3. The van der Waals surface area contributed by atoms with Crippen molar-refractivity contribution in [3.05, 3.63) is 65.0 Å². The van der Waals surface area contributed by atoms with Crippen molar-refractivity contribution in [1.29, 1.82) is 0 Å². The fourth-order valence-electron chi connectivity index (χ4n) is 2.54. The minimum atomic E-state index is -0.196. The molecule has 0 saturated heterocycles. The van der Waals surface area contributed by atoms with Crippen molar-refractivity contribution in [3.63, 3.8) is 0 Å². The van der Waals surface area contributed by atoms with Gasteiger partial charge in [0.25, 0.3) is 0 Å². The molecule has 0 unspecified atom stereocenters. The molecule has 0 radical (unpaired) electrons. The van der Waals surface area contributed by atoms with Gasteiger partial charge in [-0.1, -0.05) is 30.3 Å². The number of hydrogen-bond acceptors (Lipinski definition) is 1. The summed E-state index contributed by atoms with van der Waals surface area (Å²) in [6.45, 7) is 0.675. The summed E-state index contributed by atoms with van der Waals surface area (Å²) in [6, 6.07) is 13.4. The normalized spacial score (nSPS) is 13.4. The first-order valence-electron chi connectivity index (χ1n) is 6.42. The molecular weight excluding hydrogens is 225 g/mol. The van der Waals surface area contributed by atoms with Crippen LogP contribution in [0, 0.1) is 5.82 Å². The van der Waals surface area contributed by atoms with Gasteiger partial charge in [-0.2, -0.15) is 0 Å². The summed E-state index contributed by atoms with van der Waals surface area (Å²) in [5.74, 6) is -0.196. The fourth-order valence-corrected chi connectivity index (χ4v) is 2.54. The van der Waals surface area contributed by atoms with Gasteiger partial charge >= 0.3 is 0 Å². The summed E-state index contributed by atoms with van der Waals surface area (Å²) in [5.41, 5.74) is 4.73. The van der Waals surface area contributed by atoms with Crippen LogP contribution in [0.4, 0.5) is 10.1 Å². The van der Waals surface area contributed by atoms with Crippen LogP contribution < -0.4 is 5.32 Å². The standard InChI is InChI=1S/C16H16FN/c17-15-6-1-2-7-16(15)18-11-12-8-9-13-4-3-5-14(13)10-12/h1-2,6-10,18H,3-5,11H2. The number of anilines is 1. The highest BCUT2D eigenvalue weighted by atomic mass is 19.1. The van der Waals surface area contributed by atoms with Crippen LogP contribution in [0.15, 0.2) is 42.5 Å². The van der Waals surface area contributed by atoms with E-state index in [1.165, 1.54) is 42.0 Å². The molecule has 0 aromatic heterocycles. The van der Waals surface area contributed by atoms with Crippen molar-refractivity contribution in [2.45, 2.75) is 25.8 Å². The Kier molecular flexibility index (Phi) is 3.01. The first-order valence-corrected chi connectivity index (χ1v) is 6.42. The number of benzene rings is 2. The minimum absolute atomic E-state index is 0.196. The molecule has 1 aliphatic rings. The summed E-state index contributed by atoms with van der Waals surface area (Å²) in [6.07, 6.45) is 3.65. The zero-order valence-electron chi connectivity index (χ0n) is 10.2. The van der Waals surface area contributed by atoms with E-state index in [9.17, 15) is 4.39 Å². The predicted molar refractivity (Wildman–Crippen MR) is 72.2 cm³/mol. The van der Waals surface area contributed by atoms with Gasteiger partial charge < -0.3 is 5.32 Å². The number of fused-ring (bicyclic) bond motifs is 1. The molecular formula is C16H16FN. The van der Waals surface area contributed by atoms with E-state index in [1.807, 2.05) is 6.07 Å². The second-order valence-electron chi connectivity index (χ2n) is 4.79. The second-order valence-corrected chi connectivity index (χ2v) is 4.79. The van der Waals surface area contributed by atoms with Gasteiger partial charge in [-0.15, -0.1) is 0 Å². The van der Waals surface area contributed by atoms with E-state index in [4.69, 9.17) is 0 Å². The average Bonchev–Trinajstić information content (AvgIpc) is 2.85. The van der Waals surface area contributed by atoms with Crippen molar-refractivity contribution in [2.75, 3.05) is 5.32 Å². The van der Waals surface area contributed by atoms with E-state index in [0.717, 1.165) is 0 Å². The molecule has 0 heterocycles. The van der Waals surface area contributed by atoms with Gasteiger partial charge in [0.05, 0.1) is 5.69 Å². The highest BCUT2D eigenvalue weighted by Crippen LogP contribution is 2.23. The molecule has 0 amide bonds. The molecule has 2 aromatic carbocycles. The maximum atomic E-state index is 13.4. The summed E-state index contributed by atoms with van der Waals surface area (Å²) in [4.78, 5) is 0. The lowest BCUT2D eigenvalue weighted by molar-refractivity contribution is 0.630. The lowest BCUT2D eigenvalue weighted by Crippen LogP contribution is -2.01. The van der Waals surface area contributed by atoms with Crippen LogP contribution in [0.3, 0.4) is 0 Å². The monoisotopic (exact) mass is 241 g/mol. The van der Waals surface area contributed by atoms with Gasteiger partial charge in [0.2, 0.25) is 0 Å². The Bertz CT molecular complexity index is 563. The highest BCUT2D eigenvalue weighted by Gasteiger charge is 2.10. The molecule has 0 fully saturated rings. The van der Waals surface area contributed by atoms with Crippen molar-refractivity contribution >= 4 is 5.69 Å². The molecule has 18 heavy (non-hydrogen) atoms. The van der Waals surface area contributed by atoms with Gasteiger partial charge in [-0.25, -0.2) is 4.39 Å². The van der Waals surface area contributed by atoms with E-state index in [2.05, 4.69) is 23.5 Å². The number of aryl methyl sites for hydroxylation is 2. The minimum Gasteiger partial charge on any atom is -0.379 e. The summed E-state index contributed by atoms with van der Waals surface area (Å²) in [7, 11) is 0. The lowest BCUT2D eigenvalue weighted by Gasteiger charge is -2.09. The van der Waals surface area contributed by atoms with Crippen LogP contribution in [0.2, 0.25) is 0 Å². The molecule has 1 aliphatic carbocycles. The SMILES string of the molecule is Fc1ccccc1NCc1ccc2c(c1)CCC2. The summed E-state index contributed by atoms with van der Waals surface area (Å²) in [5, 5.41) is 3.15. The van der Waals surface area contributed by atoms with E-state index < -0.39 is 0 Å². The molecule has 92 valence electrons. The largest absolute Gasteiger partial charge is 0.379 e. The second kappa shape index (κ2) is 4.81. The Morgan fingerprint density at radius 3 is 2.72 bits per heavy atom. The third-order valence-corrected chi connectivity index (χ3v) is 3.52. The van der Waals surface area contributed by atoms with Crippen molar-refractivity contribution < 1.29 is 4.39 Å². The van der Waals surface area contributed by atoms with Gasteiger partial charge in [0.1, 0.15) is 5.82 Å². The maximum absolute atomic E-state index is 13.4. The van der Waals surface area contributed by atoms with Crippen LogP contribution in [0.25, 0.3) is 0 Å². The van der Waals surface area contributed by atoms with E-state index in [1.54, 1.807) is 12.1 Å². The zero-order valence-corrected chi connectivity index (χ0v) is 10.2. The van der Waals surface area contributed by atoms with E-state index in [-0.39, 0.29) is 5.82 Å². The van der Waals surface area contributed by atoms with Crippen LogP contribution in [-0.4, -0.2) is 0 Å². The van der Waals surface area contributed by atoms with Crippen LogP contribution in [-0.2, 0) is 19.4 Å². The summed E-state index contributed by atoms with van der Waals surface area (Å²) >= 11 is 0. The van der Waals surface area contributed by atoms with Crippen molar-refractivity contribution in [1.82, 2.24) is 0 Å². The van der Waals surface area contributed by atoms with Crippen LogP contribution in [0.1, 0.15) is 23.1 Å². The van der Waals surface area contributed by atoms with Gasteiger partial charge in [0.15, 0.2) is 0 Å². The predicted octanol–water partition coefficient (Wildman–Crippen LogP) is 3.93. The Morgan fingerprint density at radius 2 is 1.83 bits per heavy atom. The molecule has 1 nitrogen and oxygen atoms in total. The third-order valence-electron chi connectivity index (χ3n) is 3.52.